The van der Waals surface area contributed by atoms with E-state index in [0.717, 1.165) is 10.6 Å². The van der Waals surface area contributed by atoms with Crippen LogP contribution in [0.3, 0.4) is 0 Å². The predicted octanol–water partition coefficient (Wildman–Crippen LogP) is 3.43. The third-order valence-corrected chi connectivity index (χ3v) is 4.23. The summed E-state index contributed by atoms with van der Waals surface area (Å²) in [5.41, 5.74) is 0. The number of ether oxygens (including phenoxy) is 2. The van der Waals surface area contributed by atoms with Crippen LogP contribution in [0.1, 0.15) is 4.88 Å². The van der Waals surface area contributed by atoms with Crippen molar-refractivity contribution in [1.82, 2.24) is 0 Å². The number of aliphatic hydroxyl groups is 1. The first-order valence-corrected chi connectivity index (χ1v) is 8.43. The fourth-order valence-corrected chi connectivity index (χ4v) is 2.65. The molecule has 20 heavy (non-hydrogen) atoms. The number of aliphatic hydroxyl groups excluding tert-OH is 1. The largest absolute Gasteiger partial charge is 0.491 e. The molecule has 5 heteroatoms. The Kier molecular flexibility index (Phi) is 6.39. The Balaban J connectivity index is 1.65. The molecule has 108 valence electrons. The number of hydrogen-bond donors (Lipinski definition) is 1. The van der Waals surface area contributed by atoms with Gasteiger partial charge in [0.1, 0.15) is 18.5 Å². The molecule has 0 amide bonds. The molecular weight excluding hydrogens is 292 g/mol. The second-order valence-corrected chi connectivity index (χ2v) is 6.15. The van der Waals surface area contributed by atoms with Crippen LogP contribution < -0.4 is 4.74 Å². The first-order chi connectivity index (χ1) is 9.78. The highest BCUT2D eigenvalue weighted by Crippen LogP contribution is 2.19. The van der Waals surface area contributed by atoms with Crippen molar-refractivity contribution < 1.29 is 14.6 Å². The summed E-state index contributed by atoms with van der Waals surface area (Å²) in [5.74, 6) is 0.764. The van der Waals surface area contributed by atoms with Gasteiger partial charge in [0.25, 0.3) is 0 Å². The lowest BCUT2D eigenvalue weighted by Gasteiger charge is -2.12. The van der Waals surface area contributed by atoms with Gasteiger partial charge in [-0.1, -0.05) is 6.07 Å². The van der Waals surface area contributed by atoms with Crippen molar-refractivity contribution in [2.75, 3.05) is 19.5 Å². The van der Waals surface area contributed by atoms with Crippen molar-refractivity contribution in [2.45, 2.75) is 17.6 Å². The van der Waals surface area contributed by atoms with Crippen molar-refractivity contribution >= 4 is 23.1 Å². The number of hydrogen-bond acceptors (Lipinski definition) is 5. The molecule has 2 rings (SSSR count). The van der Waals surface area contributed by atoms with Crippen LogP contribution in [-0.4, -0.2) is 30.7 Å². The maximum absolute atomic E-state index is 9.79. The fourth-order valence-electron chi connectivity index (χ4n) is 1.60. The number of thiophene rings is 1. The zero-order valence-corrected chi connectivity index (χ0v) is 13.0. The van der Waals surface area contributed by atoms with E-state index in [2.05, 4.69) is 0 Å². The highest BCUT2D eigenvalue weighted by molar-refractivity contribution is 7.98. The van der Waals surface area contributed by atoms with Crippen molar-refractivity contribution in [2.24, 2.45) is 0 Å². The smallest absolute Gasteiger partial charge is 0.119 e. The lowest BCUT2D eigenvalue weighted by atomic mass is 10.3. The van der Waals surface area contributed by atoms with Gasteiger partial charge >= 0.3 is 0 Å². The molecule has 0 spiro atoms. The first kappa shape index (κ1) is 15.4. The van der Waals surface area contributed by atoms with Crippen LogP contribution in [0.5, 0.6) is 5.75 Å². The van der Waals surface area contributed by atoms with Crippen molar-refractivity contribution in [3.8, 4) is 5.75 Å². The van der Waals surface area contributed by atoms with E-state index in [9.17, 15) is 5.11 Å². The first-order valence-electron chi connectivity index (χ1n) is 6.33. The van der Waals surface area contributed by atoms with Crippen LogP contribution in [0.2, 0.25) is 0 Å². The zero-order valence-electron chi connectivity index (χ0n) is 11.3. The molecule has 1 aromatic carbocycles. The number of thioether (sulfide) groups is 1. The Hall–Kier alpha value is -1.01. The molecule has 0 aliphatic heterocycles. The molecule has 0 fully saturated rings. The van der Waals surface area contributed by atoms with Crippen molar-refractivity contribution in [1.29, 1.82) is 0 Å². The molecule has 0 aliphatic rings. The topological polar surface area (TPSA) is 38.7 Å². The van der Waals surface area contributed by atoms with Crippen molar-refractivity contribution in [3.63, 3.8) is 0 Å². The highest BCUT2D eigenvalue weighted by atomic mass is 32.2. The van der Waals surface area contributed by atoms with Gasteiger partial charge in [-0.05, 0) is 42.0 Å². The third kappa shape index (κ3) is 5.17. The Bertz CT molecular complexity index is 482. The lowest BCUT2D eigenvalue weighted by molar-refractivity contribution is 0.00624. The maximum Gasteiger partial charge on any atom is 0.119 e. The van der Waals surface area contributed by atoms with E-state index >= 15 is 0 Å². The molecule has 0 saturated carbocycles. The maximum atomic E-state index is 9.79. The summed E-state index contributed by atoms with van der Waals surface area (Å²) in [4.78, 5) is 2.35. The van der Waals surface area contributed by atoms with Crippen LogP contribution in [-0.2, 0) is 11.3 Å². The van der Waals surface area contributed by atoms with E-state index in [1.165, 1.54) is 4.90 Å². The van der Waals surface area contributed by atoms with E-state index in [1.54, 1.807) is 23.1 Å². The molecular formula is C15H18O3S2. The van der Waals surface area contributed by atoms with Gasteiger partial charge < -0.3 is 14.6 Å². The molecule has 0 aliphatic carbocycles. The van der Waals surface area contributed by atoms with Crippen molar-refractivity contribution in [3.05, 3.63) is 46.7 Å². The molecule has 0 bridgehead atoms. The molecule has 1 N–H and O–H groups in total. The van der Waals surface area contributed by atoms with Gasteiger partial charge in [-0.15, -0.1) is 23.1 Å². The summed E-state index contributed by atoms with van der Waals surface area (Å²) in [5, 5.41) is 11.8. The SMILES string of the molecule is CSc1ccc(OCC(O)COCc2cccs2)cc1. The predicted molar refractivity (Wildman–Crippen MR) is 83.7 cm³/mol. The number of benzene rings is 1. The average molecular weight is 310 g/mol. The van der Waals surface area contributed by atoms with Crippen LogP contribution >= 0.6 is 23.1 Å². The van der Waals surface area contributed by atoms with Gasteiger partial charge in [-0.2, -0.15) is 0 Å². The Morgan fingerprint density at radius 2 is 2.00 bits per heavy atom. The summed E-state index contributed by atoms with van der Waals surface area (Å²) in [6.07, 6.45) is 1.42. The molecule has 1 unspecified atom stereocenters. The molecule has 0 radical (unpaired) electrons. The summed E-state index contributed by atoms with van der Waals surface area (Å²) in [6.45, 7) is 1.06. The molecule has 2 aromatic rings. The minimum Gasteiger partial charge on any atom is -0.491 e. The molecule has 0 saturated heterocycles. The molecule has 1 heterocycles. The molecule has 1 atom stereocenters. The Labute approximate surface area is 127 Å². The highest BCUT2D eigenvalue weighted by Gasteiger charge is 2.06. The van der Waals surface area contributed by atoms with E-state index in [-0.39, 0.29) is 13.2 Å². The number of rotatable bonds is 8. The van der Waals surface area contributed by atoms with E-state index in [4.69, 9.17) is 9.47 Å². The molecule has 3 nitrogen and oxygen atoms in total. The molecule has 1 aromatic heterocycles. The second-order valence-electron chi connectivity index (χ2n) is 4.23. The van der Waals surface area contributed by atoms with Crippen LogP contribution in [0, 0.1) is 0 Å². The summed E-state index contributed by atoms with van der Waals surface area (Å²) in [7, 11) is 0. The van der Waals surface area contributed by atoms with Gasteiger partial charge in [0.2, 0.25) is 0 Å². The zero-order chi connectivity index (χ0) is 14.2. The van der Waals surface area contributed by atoms with E-state index in [1.807, 2.05) is 48.0 Å². The average Bonchev–Trinajstić information content (AvgIpc) is 2.99. The fraction of sp³-hybridized carbons (Fsp3) is 0.333. The summed E-state index contributed by atoms with van der Waals surface area (Å²) < 4.78 is 11.0. The van der Waals surface area contributed by atoms with Gasteiger partial charge in [-0.25, -0.2) is 0 Å². The third-order valence-electron chi connectivity index (χ3n) is 2.64. The van der Waals surface area contributed by atoms with E-state index in [0.29, 0.717) is 6.61 Å². The van der Waals surface area contributed by atoms with Gasteiger partial charge in [0.05, 0.1) is 13.2 Å². The van der Waals surface area contributed by atoms with Crippen LogP contribution in [0.4, 0.5) is 0 Å². The minimum atomic E-state index is -0.616. The Morgan fingerprint density at radius 1 is 1.20 bits per heavy atom. The van der Waals surface area contributed by atoms with Gasteiger partial charge in [0.15, 0.2) is 0 Å². The quantitative estimate of drug-likeness (QED) is 0.758. The second kappa shape index (κ2) is 8.32. The van der Waals surface area contributed by atoms with Crippen LogP contribution in [0.25, 0.3) is 0 Å². The lowest BCUT2D eigenvalue weighted by Crippen LogP contribution is -2.23. The normalized spacial score (nSPS) is 12.3. The van der Waals surface area contributed by atoms with E-state index < -0.39 is 6.10 Å². The minimum absolute atomic E-state index is 0.239. The Morgan fingerprint density at radius 3 is 2.65 bits per heavy atom. The van der Waals surface area contributed by atoms with Gasteiger partial charge in [0, 0.05) is 9.77 Å². The van der Waals surface area contributed by atoms with Crippen LogP contribution in [0.15, 0.2) is 46.7 Å². The summed E-state index contributed by atoms with van der Waals surface area (Å²) >= 11 is 3.34. The monoisotopic (exact) mass is 310 g/mol. The van der Waals surface area contributed by atoms with Gasteiger partial charge in [-0.3, -0.25) is 0 Å². The summed E-state index contributed by atoms with van der Waals surface area (Å²) in [6, 6.07) is 11.8. The standard InChI is InChI=1S/C15H18O3S2/c1-19-14-6-4-13(5-7-14)18-10-12(16)9-17-11-15-3-2-8-20-15/h2-8,12,16H,9-11H2,1H3.